The zero-order chi connectivity index (χ0) is 13.9. The second-order valence-electron chi connectivity index (χ2n) is 5.72. The molecule has 0 aliphatic carbocycles. The van der Waals surface area contributed by atoms with E-state index in [1.54, 1.807) is 24.0 Å². The molecule has 2 aromatic heterocycles. The van der Waals surface area contributed by atoms with Crippen LogP contribution in [-0.4, -0.2) is 37.2 Å². The van der Waals surface area contributed by atoms with E-state index in [4.69, 9.17) is 4.98 Å². The smallest absolute Gasteiger partial charge is 0.137 e. The number of nitrogens with zero attached hydrogens (tertiary/aromatic N) is 5. The summed E-state index contributed by atoms with van der Waals surface area (Å²) in [7, 11) is 0. The van der Waals surface area contributed by atoms with Gasteiger partial charge in [-0.3, -0.25) is 9.58 Å². The molecule has 0 amide bonds. The molecule has 0 N–H and O–H groups in total. The third kappa shape index (κ3) is 3.07. The third-order valence-electron chi connectivity index (χ3n) is 3.79. The van der Waals surface area contributed by atoms with Gasteiger partial charge in [-0.05, 0) is 19.4 Å². The molecule has 1 atom stereocenters. The predicted molar refractivity (Wildman–Crippen MR) is 79.7 cm³/mol. The molecular weight excluding hydrogens is 270 g/mol. The number of aromatic nitrogens is 4. The molecule has 2 aromatic rings. The Labute approximate surface area is 123 Å². The van der Waals surface area contributed by atoms with Crippen molar-refractivity contribution in [3.63, 3.8) is 0 Å². The lowest BCUT2D eigenvalue weighted by atomic mass is 10.2. The third-order valence-corrected chi connectivity index (χ3v) is 4.99. The summed E-state index contributed by atoms with van der Waals surface area (Å²) in [5.41, 5.74) is 1.21. The zero-order valence-corrected chi connectivity index (χ0v) is 12.9. The molecule has 1 saturated heterocycles. The van der Waals surface area contributed by atoms with Gasteiger partial charge in [0.25, 0.3) is 0 Å². The molecule has 0 bridgehead atoms. The molecule has 1 fully saturated rings. The highest BCUT2D eigenvalue weighted by Crippen LogP contribution is 2.24. The van der Waals surface area contributed by atoms with Gasteiger partial charge in [0, 0.05) is 23.9 Å². The Morgan fingerprint density at radius 2 is 2.35 bits per heavy atom. The van der Waals surface area contributed by atoms with Crippen LogP contribution in [0.3, 0.4) is 0 Å². The molecule has 6 heteroatoms. The van der Waals surface area contributed by atoms with Crippen molar-refractivity contribution in [1.29, 1.82) is 0 Å². The monoisotopic (exact) mass is 291 g/mol. The summed E-state index contributed by atoms with van der Waals surface area (Å²) in [4.78, 5) is 11.3. The summed E-state index contributed by atoms with van der Waals surface area (Å²) in [6, 6.07) is 0.556. The second-order valence-corrected chi connectivity index (χ2v) is 6.61. The van der Waals surface area contributed by atoms with E-state index in [-0.39, 0.29) is 0 Å². The van der Waals surface area contributed by atoms with Gasteiger partial charge in [0.15, 0.2) is 0 Å². The average Bonchev–Trinajstić information content (AvgIpc) is 3.13. The Morgan fingerprint density at radius 1 is 1.45 bits per heavy atom. The normalized spacial score (nSPS) is 20.1. The van der Waals surface area contributed by atoms with Crippen molar-refractivity contribution < 1.29 is 0 Å². The lowest BCUT2D eigenvalue weighted by molar-refractivity contribution is 0.217. The lowest BCUT2D eigenvalue weighted by Crippen LogP contribution is -2.32. The van der Waals surface area contributed by atoms with Crippen molar-refractivity contribution in [3.8, 4) is 0 Å². The Kier molecular flexibility index (Phi) is 4.12. The largest absolute Gasteiger partial charge is 0.293 e. The molecule has 5 nitrogen and oxygen atoms in total. The molecule has 1 aliphatic rings. The van der Waals surface area contributed by atoms with E-state index >= 15 is 0 Å². The first-order chi connectivity index (χ1) is 9.72. The number of thiazole rings is 1. The molecule has 3 heterocycles. The molecule has 0 saturated carbocycles. The maximum Gasteiger partial charge on any atom is 0.137 e. The quantitative estimate of drug-likeness (QED) is 0.849. The van der Waals surface area contributed by atoms with Crippen molar-refractivity contribution in [2.75, 3.05) is 6.54 Å². The van der Waals surface area contributed by atoms with Crippen LogP contribution in [0.15, 0.2) is 18.0 Å². The Bertz CT molecular complexity index is 534. The fourth-order valence-electron chi connectivity index (χ4n) is 2.72. The first-order valence-electron chi connectivity index (χ1n) is 7.23. The molecule has 1 aliphatic heterocycles. The highest BCUT2D eigenvalue weighted by Gasteiger charge is 2.25. The second kappa shape index (κ2) is 6.01. The molecule has 108 valence electrons. The van der Waals surface area contributed by atoms with E-state index in [2.05, 4.69) is 34.2 Å². The van der Waals surface area contributed by atoms with E-state index < -0.39 is 0 Å². The minimum absolute atomic E-state index is 0.526. The van der Waals surface area contributed by atoms with E-state index in [0.717, 1.165) is 19.6 Å². The summed E-state index contributed by atoms with van der Waals surface area (Å²) in [6.45, 7) is 7.45. The van der Waals surface area contributed by atoms with Crippen molar-refractivity contribution in [2.24, 2.45) is 0 Å². The summed E-state index contributed by atoms with van der Waals surface area (Å²) in [5, 5.41) is 7.66. The SMILES string of the molecule is CC(C)c1nc(CN2CCCC2Cn2cncn2)cs1. The van der Waals surface area contributed by atoms with E-state index in [1.165, 1.54) is 23.5 Å². The van der Waals surface area contributed by atoms with Crippen molar-refractivity contribution >= 4 is 11.3 Å². The summed E-state index contributed by atoms with van der Waals surface area (Å²) in [5.74, 6) is 0.526. The standard InChI is InChI=1S/C14H21N5S/c1-11(2)14-17-12(8-20-14)6-18-5-3-4-13(18)7-19-10-15-9-16-19/h8-11,13H,3-7H2,1-2H3. The van der Waals surface area contributed by atoms with Gasteiger partial charge in [-0.15, -0.1) is 11.3 Å². The molecule has 0 aromatic carbocycles. The van der Waals surface area contributed by atoms with Gasteiger partial charge < -0.3 is 0 Å². The van der Waals surface area contributed by atoms with Crippen molar-refractivity contribution in [2.45, 2.75) is 51.7 Å². The van der Waals surface area contributed by atoms with Crippen LogP contribution in [0.2, 0.25) is 0 Å². The van der Waals surface area contributed by atoms with Crippen LogP contribution in [0.1, 0.15) is 43.3 Å². The summed E-state index contributed by atoms with van der Waals surface area (Å²) in [6.07, 6.45) is 5.91. The van der Waals surface area contributed by atoms with Gasteiger partial charge in [0.2, 0.25) is 0 Å². The highest BCUT2D eigenvalue weighted by atomic mass is 32.1. The Balaban J connectivity index is 1.63. The maximum absolute atomic E-state index is 4.75. The fourth-order valence-corrected chi connectivity index (χ4v) is 3.55. The zero-order valence-electron chi connectivity index (χ0n) is 12.1. The fraction of sp³-hybridized carbons (Fsp3) is 0.643. The van der Waals surface area contributed by atoms with Gasteiger partial charge in [0.1, 0.15) is 12.7 Å². The summed E-state index contributed by atoms with van der Waals surface area (Å²) < 4.78 is 1.93. The summed E-state index contributed by atoms with van der Waals surface area (Å²) >= 11 is 1.78. The molecule has 20 heavy (non-hydrogen) atoms. The van der Waals surface area contributed by atoms with Crippen molar-refractivity contribution in [3.05, 3.63) is 28.7 Å². The maximum atomic E-state index is 4.75. The van der Waals surface area contributed by atoms with Gasteiger partial charge in [-0.1, -0.05) is 13.8 Å². The number of hydrogen-bond acceptors (Lipinski definition) is 5. The molecule has 0 spiro atoms. The Hall–Kier alpha value is -1.27. The topological polar surface area (TPSA) is 46.8 Å². The van der Waals surface area contributed by atoms with Gasteiger partial charge in [-0.2, -0.15) is 5.10 Å². The number of rotatable bonds is 5. The van der Waals surface area contributed by atoms with Gasteiger partial charge >= 0.3 is 0 Å². The van der Waals surface area contributed by atoms with Crippen LogP contribution in [0.5, 0.6) is 0 Å². The van der Waals surface area contributed by atoms with E-state index in [9.17, 15) is 0 Å². The minimum atomic E-state index is 0.526. The molecular formula is C14H21N5S. The first kappa shape index (κ1) is 13.7. The van der Waals surface area contributed by atoms with Crippen LogP contribution in [0, 0.1) is 0 Å². The van der Waals surface area contributed by atoms with Crippen LogP contribution in [0.25, 0.3) is 0 Å². The number of likely N-dealkylation sites (tertiary alicyclic amines) is 1. The molecule has 0 radical (unpaired) electrons. The van der Waals surface area contributed by atoms with E-state index in [1.807, 2.05) is 4.68 Å². The molecule has 3 rings (SSSR count). The van der Waals surface area contributed by atoms with Gasteiger partial charge in [0.05, 0.1) is 17.2 Å². The van der Waals surface area contributed by atoms with Crippen LogP contribution in [-0.2, 0) is 13.1 Å². The van der Waals surface area contributed by atoms with Crippen LogP contribution >= 0.6 is 11.3 Å². The van der Waals surface area contributed by atoms with Crippen molar-refractivity contribution in [1.82, 2.24) is 24.6 Å². The Morgan fingerprint density at radius 3 is 3.05 bits per heavy atom. The highest BCUT2D eigenvalue weighted by molar-refractivity contribution is 7.09. The number of hydrogen-bond donors (Lipinski definition) is 0. The first-order valence-corrected chi connectivity index (χ1v) is 8.11. The van der Waals surface area contributed by atoms with Crippen LogP contribution < -0.4 is 0 Å². The lowest BCUT2D eigenvalue weighted by Gasteiger charge is -2.23. The predicted octanol–water partition coefficient (Wildman–Crippen LogP) is 2.52. The van der Waals surface area contributed by atoms with E-state index in [0.29, 0.717) is 12.0 Å². The minimum Gasteiger partial charge on any atom is -0.293 e. The average molecular weight is 291 g/mol. The van der Waals surface area contributed by atoms with Crippen LogP contribution in [0.4, 0.5) is 0 Å². The van der Waals surface area contributed by atoms with Gasteiger partial charge in [-0.25, -0.2) is 9.97 Å². The molecule has 1 unspecified atom stereocenters.